The van der Waals surface area contributed by atoms with E-state index < -0.39 is 17.7 Å². The van der Waals surface area contributed by atoms with Crippen LogP contribution in [-0.4, -0.2) is 22.1 Å². The van der Waals surface area contributed by atoms with Gasteiger partial charge < -0.3 is 14.9 Å². The third-order valence-electron chi connectivity index (χ3n) is 2.34. The summed E-state index contributed by atoms with van der Waals surface area (Å²) in [5.74, 6) is -2.41. The van der Waals surface area contributed by atoms with Gasteiger partial charge in [0.2, 0.25) is 0 Å². The van der Waals surface area contributed by atoms with E-state index in [2.05, 4.69) is 15.0 Å². The predicted octanol–water partition coefficient (Wildman–Crippen LogP) is 2.16. The molecule has 0 radical (unpaired) electrons. The van der Waals surface area contributed by atoms with Crippen molar-refractivity contribution >= 4 is 23.8 Å². The molecule has 20 heavy (non-hydrogen) atoms. The number of nitrogens with one attached hydrogen (secondary N) is 1. The number of amides is 1. The van der Waals surface area contributed by atoms with Crippen LogP contribution in [0.4, 0.5) is 10.2 Å². The first kappa shape index (κ1) is 13.5. The summed E-state index contributed by atoms with van der Waals surface area (Å²) in [5.41, 5.74) is 0.156. The standard InChI is InChI=1S/C13H9FN2O4/c14-10-7-8(2-4-12(17)18)1-3-9(10)13(19)15-11-5-6-20-16-11/h1-7H,(H,17,18)(H,15,16,19). The highest BCUT2D eigenvalue weighted by Crippen LogP contribution is 2.14. The number of hydrogen-bond donors (Lipinski definition) is 2. The number of nitrogens with zero attached hydrogens (tertiary/aromatic N) is 1. The monoisotopic (exact) mass is 276 g/mol. The number of carboxylic acid groups (broad SMARTS) is 1. The molecule has 0 saturated carbocycles. The van der Waals surface area contributed by atoms with Crippen molar-refractivity contribution in [2.45, 2.75) is 0 Å². The van der Waals surface area contributed by atoms with Crippen molar-refractivity contribution < 1.29 is 23.6 Å². The number of aliphatic carboxylic acids is 1. The van der Waals surface area contributed by atoms with Crippen LogP contribution in [0.1, 0.15) is 15.9 Å². The maximum atomic E-state index is 13.8. The highest BCUT2D eigenvalue weighted by atomic mass is 19.1. The van der Waals surface area contributed by atoms with E-state index in [0.717, 1.165) is 12.1 Å². The second-order valence-corrected chi connectivity index (χ2v) is 3.75. The van der Waals surface area contributed by atoms with Crippen LogP contribution >= 0.6 is 0 Å². The van der Waals surface area contributed by atoms with Crippen molar-refractivity contribution in [1.29, 1.82) is 0 Å². The number of rotatable bonds is 4. The van der Waals surface area contributed by atoms with E-state index in [0.29, 0.717) is 5.56 Å². The Morgan fingerprint density at radius 1 is 1.35 bits per heavy atom. The molecule has 0 aliphatic heterocycles. The number of halogens is 1. The largest absolute Gasteiger partial charge is 0.478 e. The summed E-state index contributed by atoms with van der Waals surface area (Å²) in [5, 5.41) is 14.3. The lowest BCUT2D eigenvalue weighted by atomic mass is 10.1. The van der Waals surface area contributed by atoms with Crippen molar-refractivity contribution in [2.24, 2.45) is 0 Å². The molecule has 0 bridgehead atoms. The molecular weight excluding hydrogens is 267 g/mol. The van der Waals surface area contributed by atoms with Crippen LogP contribution in [0.25, 0.3) is 6.08 Å². The number of anilines is 1. The fourth-order valence-corrected chi connectivity index (χ4v) is 1.45. The fourth-order valence-electron chi connectivity index (χ4n) is 1.45. The van der Waals surface area contributed by atoms with Crippen LogP contribution in [0.15, 0.2) is 41.1 Å². The van der Waals surface area contributed by atoms with Gasteiger partial charge in [-0.25, -0.2) is 9.18 Å². The van der Waals surface area contributed by atoms with E-state index in [9.17, 15) is 14.0 Å². The van der Waals surface area contributed by atoms with Gasteiger partial charge in [0.1, 0.15) is 12.1 Å². The van der Waals surface area contributed by atoms with E-state index >= 15 is 0 Å². The average molecular weight is 276 g/mol. The first-order valence-corrected chi connectivity index (χ1v) is 5.48. The van der Waals surface area contributed by atoms with Crippen LogP contribution in [0, 0.1) is 5.82 Å². The summed E-state index contributed by atoms with van der Waals surface area (Å²) < 4.78 is 18.3. The molecule has 2 rings (SSSR count). The van der Waals surface area contributed by atoms with Gasteiger partial charge in [-0.2, -0.15) is 0 Å². The van der Waals surface area contributed by atoms with Crippen molar-refractivity contribution in [1.82, 2.24) is 5.16 Å². The van der Waals surface area contributed by atoms with Gasteiger partial charge in [-0.1, -0.05) is 11.2 Å². The summed E-state index contributed by atoms with van der Waals surface area (Å²) in [4.78, 5) is 22.1. The molecule has 1 aromatic carbocycles. The highest BCUT2D eigenvalue weighted by molar-refractivity contribution is 6.04. The molecule has 102 valence electrons. The Balaban J connectivity index is 2.17. The molecule has 1 heterocycles. The molecule has 0 fully saturated rings. The zero-order chi connectivity index (χ0) is 14.5. The average Bonchev–Trinajstić information content (AvgIpc) is 2.89. The van der Waals surface area contributed by atoms with E-state index in [1.807, 2.05) is 0 Å². The molecule has 0 saturated heterocycles. The van der Waals surface area contributed by atoms with E-state index in [1.54, 1.807) is 0 Å². The molecule has 0 atom stereocenters. The zero-order valence-electron chi connectivity index (χ0n) is 10.0. The van der Waals surface area contributed by atoms with Crippen molar-refractivity contribution in [3.8, 4) is 0 Å². The van der Waals surface area contributed by atoms with Crippen LogP contribution in [0.2, 0.25) is 0 Å². The molecule has 0 unspecified atom stereocenters. The van der Waals surface area contributed by atoms with Crippen LogP contribution < -0.4 is 5.32 Å². The van der Waals surface area contributed by atoms with Crippen molar-refractivity contribution in [3.05, 3.63) is 53.5 Å². The minimum absolute atomic E-state index is 0.171. The molecule has 2 aromatic rings. The van der Waals surface area contributed by atoms with E-state index in [4.69, 9.17) is 5.11 Å². The lowest BCUT2D eigenvalue weighted by Crippen LogP contribution is -2.14. The Hall–Kier alpha value is -2.96. The maximum absolute atomic E-state index is 13.8. The Morgan fingerprint density at radius 3 is 2.75 bits per heavy atom. The quantitative estimate of drug-likeness (QED) is 0.835. The number of aromatic nitrogens is 1. The third-order valence-corrected chi connectivity index (χ3v) is 2.34. The molecular formula is C13H9FN2O4. The summed E-state index contributed by atoms with van der Waals surface area (Å²) in [6.45, 7) is 0. The minimum atomic E-state index is -1.14. The summed E-state index contributed by atoms with van der Waals surface area (Å²) in [7, 11) is 0. The zero-order valence-corrected chi connectivity index (χ0v) is 10.0. The second-order valence-electron chi connectivity index (χ2n) is 3.75. The van der Waals surface area contributed by atoms with Gasteiger partial charge in [-0.05, 0) is 23.8 Å². The lowest BCUT2D eigenvalue weighted by Gasteiger charge is -2.03. The topological polar surface area (TPSA) is 92.4 Å². The van der Waals surface area contributed by atoms with Crippen LogP contribution in [0.5, 0.6) is 0 Å². The predicted molar refractivity (Wildman–Crippen MR) is 67.5 cm³/mol. The van der Waals surface area contributed by atoms with Crippen LogP contribution in [-0.2, 0) is 4.79 Å². The fraction of sp³-hybridized carbons (Fsp3) is 0. The normalized spacial score (nSPS) is 10.7. The molecule has 2 N–H and O–H groups in total. The van der Waals surface area contributed by atoms with Crippen LogP contribution in [0.3, 0.4) is 0 Å². The highest BCUT2D eigenvalue weighted by Gasteiger charge is 2.13. The molecule has 0 spiro atoms. The number of carbonyl (C=O) groups excluding carboxylic acids is 1. The van der Waals surface area contributed by atoms with Gasteiger partial charge in [-0.3, -0.25) is 4.79 Å². The molecule has 1 aromatic heterocycles. The third kappa shape index (κ3) is 3.29. The minimum Gasteiger partial charge on any atom is -0.478 e. The first-order valence-electron chi connectivity index (χ1n) is 5.48. The number of carbonyl (C=O) groups is 2. The molecule has 0 aliphatic carbocycles. The molecule has 6 nitrogen and oxygen atoms in total. The number of hydrogen-bond acceptors (Lipinski definition) is 4. The lowest BCUT2D eigenvalue weighted by molar-refractivity contribution is -0.131. The maximum Gasteiger partial charge on any atom is 0.328 e. The smallest absolute Gasteiger partial charge is 0.328 e. The first-order chi connectivity index (χ1) is 9.56. The van der Waals surface area contributed by atoms with E-state index in [-0.39, 0.29) is 11.4 Å². The number of benzene rings is 1. The Morgan fingerprint density at radius 2 is 2.15 bits per heavy atom. The van der Waals surface area contributed by atoms with Gasteiger partial charge >= 0.3 is 5.97 Å². The van der Waals surface area contributed by atoms with Crippen molar-refractivity contribution in [2.75, 3.05) is 5.32 Å². The van der Waals surface area contributed by atoms with Gasteiger partial charge in [-0.15, -0.1) is 0 Å². The summed E-state index contributed by atoms with van der Waals surface area (Å²) >= 11 is 0. The van der Waals surface area contributed by atoms with Gasteiger partial charge in [0.15, 0.2) is 5.82 Å². The Labute approximate surface area is 112 Å². The number of carboxylic acids is 1. The second kappa shape index (κ2) is 5.79. The SMILES string of the molecule is O=C(O)C=Cc1ccc(C(=O)Nc2ccon2)c(F)c1. The van der Waals surface area contributed by atoms with Gasteiger partial charge in [0, 0.05) is 12.1 Å². The summed E-state index contributed by atoms with van der Waals surface area (Å²) in [6.07, 6.45) is 3.38. The summed E-state index contributed by atoms with van der Waals surface area (Å²) in [6, 6.07) is 5.17. The Kier molecular flexibility index (Phi) is 3.90. The van der Waals surface area contributed by atoms with E-state index in [1.165, 1.54) is 30.5 Å². The molecule has 0 aliphatic rings. The van der Waals surface area contributed by atoms with Gasteiger partial charge in [0.05, 0.1) is 5.56 Å². The van der Waals surface area contributed by atoms with Gasteiger partial charge in [0.25, 0.3) is 5.91 Å². The van der Waals surface area contributed by atoms with Crippen molar-refractivity contribution in [3.63, 3.8) is 0 Å². The molecule has 7 heteroatoms. The Bertz CT molecular complexity index is 665. The molecule has 1 amide bonds.